The Hall–Kier alpha value is -1.09. The fourth-order valence-corrected chi connectivity index (χ4v) is 3.30. The number of nitrogens with zero attached hydrogens (tertiary/aromatic N) is 1. The van der Waals surface area contributed by atoms with E-state index < -0.39 is 0 Å². The minimum absolute atomic E-state index is 0.0439. The Bertz CT molecular complexity index is 470. The Kier molecular flexibility index (Phi) is 5.26. The summed E-state index contributed by atoms with van der Waals surface area (Å²) in [6, 6.07) is 5.53. The maximum absolute atomic E-state index is 14.4. The van der Waals surface area contributed by atoms with Crippen molar-refractivity contribution in [2.75, 3.05) is 24.5 Å². The van der Waals surface area contributed by atoms with Gasteiger partial charge in [-0.2, -0.15) is 0 Å². The molecular formula is C18H29FN2. The van der Waals surface area contributed by atoms with Crippen molar-refractivity contribution >= 4 is 5.69 Å². The zero-order chi connectivity index (χ0) is 15.5. The smallest absolute Gasteiger partial charge is 0.130 e. The van der Waals surface area contributed by atoms with Gasteiger partial charge in [0.25, 0.3) is 0 Å². The van der Waals surface area contributed by atoms with Crippen molar-refractivity contribution in [3.05, 3.63) is 29.6 Å². The summed E-state index contributed by atoms with van der Waals surface area (Å²) in [7, 11) is 0. The van der Waals surface area contributed by atoms with E-state index in [9.17, 15) is 4.39 Å². The summed E-state index contributed by atoms with van der Waals surface area (Å²) >= 11 is 0. The lowest BCUT2D eigenvalue weighted by atomic mass is 9.85. The first-order chi connectivity index (χ1) is 9.94. The van der Waals surface area contributed by atoms with Gasteiger partial charge in [-0.05, 0) is 50.3 Å². The number of benzene rings is 1. The Balaban J connectivity index is 2.28. The molecule has 2 rings (SSSR count). The number of rotatable bonds is 4. The minimum Gasteiger partial charge on any atom is -0.371 e. The van der Waals surface area contributed by atoms with Crippen molar-refractivity contribution in [3.63, 3.8) is 0 Å². The molecule has 0 spiro atoms. The first kappa shape index (κ1) is 16.3. The number of anilines is 1. The lowest BCUT2D eigenvalue weighted by Gasteiger charge is -2.29. The third-order valence-corrected chi connectivity index (χ3v) is 4.65. The highest BCUT2D eigenvalue weighted by Gasteiger charge is 2.25. The molecule has 0 bridgehead atoms. The van der Waals surface area contributed by atoms with Gasteiger partial charge < -0.3 is 10.2 Å². The Labute approximate surface area is 128 Å². The van der Waals surface area contributed by atoms with Gasteiger partial charge in [0, 0.05) is 30.4 Å². The molecule has 1 N–H and O–H groups in total. The van der Waals surface area contributed by atoms with Crippen molar-refractivity contribution in [3.8, 4) is 0 Å². The third-order valence-electron chi connectivity index (χ3n) is 4.65. The van der Waals surface area contributed by atoms with Crippen molar-refractivity contribution in [1.82, 2.24) is 5.32 Å². The molecule has 1 unspecified atom stereocenters. The molecule has 0 saturated carbocycles. The molecule has 1 saturated heterocycles. The van der Waals surface area contributed by atoms with Crippen LogP contribution in [0.2, 0.25) is 0 Å². The molecule has 1 heterocycles. The summed E-state index contributed by atoms with van der Waals surface area (Å²) in [4.78, 5) is 2.38. The molecular weight excluding hydrogens is 263 g/mol. The number of nitrogens with one attached hydrogen (secondary N) is 1. The number of hydrogen-bond acceptors (Lipinski definition) is 2. The van der Waals surface area contributed by atoms with Gasteiger partial charge in [-0.15, -0.1) is 0 Å². The second kappa shape index (κ2) is 6.78. The van der Waals surface area contributed by atoms with E-state index >= 15 is 0 Å². The lowest BCUT2D eigenvalue weighted by Crippen LogP contribution is -2.29. The summed E-state index contributed by atoms with van der Waals surface area (Å²) in [5.74, 6) is -0.0931. The van der Waals surface area contributed by atoms with Gasteiger partial charge in [0.1, 0.15) is 5.82 Å². The molecule has 3 heteroatoms. The predicted molar refractivity (Wildman–Crippen MR) is 88.3 cm³/mol. The molecule has 1 fully saturated rings. The molecule has 1 aromatic carbocycles. The van der Waals surface area contributed by atoms with Crippen LogP contribution in [0.5, 0.6) is 0 Å². The SMILES string of the molecule is CCNC(C)c1c(F)cccc1N1CCCC(C)(C)CC1. The van der Waals surface area contributed by atoms with Gasteiger partial charge in [0.05, 0.1) is 0 Å². The monoisotopic (exact) mass is 292 g/mol. The zero-order valence-corrected chi connectivity index (χ0v) is 13.9. The largest absolute Gasteiger partial charge is 0.371 e. The fraction of sp³-hybridized carbons (Fsp3) is 0.667. The molecule has 2 nitrogen and oxygen atoms in total. The van der Waals surface area contributed by atoms with Crippen LogP contribution in [0.25, 0.3) is 0 Å². The van der Waals surface area contributed by atoms with Crippen molar-refractivity contribution < 1.29 is 4.39 Å². The van der Waals surface area contributed by atoms with Crippen LogP contribution in [0.1, 0.15) is 58.6 Å². The van der Waals surface area contributed by atoms with Gasteiger partial charge in [0.15, 0.2) is 0 Å². The predicted octanol–water partition coefficient (Wildman–Crippen LogP) is 4.51. The van der Waals surface area contributed by atoms with Gasteiger partial charge in [-0.25, -0.2) is 4.39 Å². The lowest BCUT2D eigenvalue weighted by molar-refractivity contribution is 0.325. The standard InChI is InChI=1S/C18H29FN2/c1-5-20-14(2)17-15(19)8-6-9-16(17)21-12-7-10-18(3,4)11-13-21/h6,8-9,14,20H,5,7,10-13H2,1-4H3. The van der Waals surface area contributed by atoms with E-state index in [-0.39, 0.29) is 11.9 Å². The van der Waals surface area contributed by atoms with Crippen LogP contribution >= 0.6 is 0 Å². The highest BCUT2D eigenvalue weighted by molar-refractivity contribution is 5.55. The van der Waals surface area contributed by atoms with Crippen molar-refractivity contribution in [2.24, 2.45) is 5.41 Å². The minimum atomic E-state index is -0.0931. The van der Waals surface area contributed by atoms with Crippen LogP contribution in [-0.2, 0) is 0 Å². The van der Waals surface area contributed by atoms with Gasteiger partial charge in [0.2, 0.25) is 0 Å². The second-order valence-electron chi connectivity index (χ2n) is 6.96. The maximum Gasteiger partial charge on any atom is 0.130 e. The highest BCUT2D eigenvalue weighted by atomic mass is 19.1. The van der Waals surface area contributed by atoms with E-state index in [1.54, 1.807) is 6.07 Å². The van der Waals surface area contributed by atoms with E-state index in [4.69, 9.17) is 0 Å². The van der Waals surface area contributed by atoms with Crippen molar-refractivity contribution in [1.29, 1.82) is 0 Å². The Morgan fingerprint density at radius 1 is 1.29 bits per heavy atom. The molecule has 118 valence electrons. The summed E-state index contributed by atoms with van der Waals surface area (Å²) in [6.07, 6.45) is 3.59. The molecule has 0 aromatic heterocycles. The normalized spacial score (nSPS) is 20.1. The molecule has 1 aliphatic rings. The van der Waals surface area contributed by atoms with Gasteiger partial charge >= 0.3 is 0 Å². The molecule has 0 radical (unpaired) electrons. The molecule has 1 aromatic rings. The number of hydrogen-bond donors (Lipinski definition) is 1. The first-order valence-corrected chi connectivity index (χ1v) is 8.21. The number of halogens is 1. The Morgan fingerprint density at radius 2 is 2.05 bits per heavy atom. The molecule has 0 aliphatic carbocycles. The van der Waals surface area contributed by atoms with Crippen LogP contribution in [0, 0.1) is 11.2 Å². The van der Waals surface area contributed by atoms with E-state index in [1.807, 2.05) is 13.0 Å². The fourth-order valence-electron chi connectivity index (χ4n) is 3.30. The van der Waals surface area contributed by atoms with E-state index in [0.29, 0.717) is 5.41 Å². The summed E-state index contributed by atoms with van der Waals surface area (Å²) in [6.45, 7) is 11.7. The van der Waals surface area contributed by atoms with E-state index in [1.165, 1.54) is 19.3 Å². The summed E-state index contributed by atoms with van der Waals surface area (Å²) < 4.78 is 14.4. The molecule has 1 atom stereocenters. The van der Waals surface area contributed by atoms with Crippen molar-refractivity contribution in [2.45, 2.75) is 53.0 Å². The van der Waals surface area contributed by atoms with Crippen LogP contribution in [0.4, 0.5) is 10.1 Å². The van der Waals surface area contributed by atoms with Gasteiger partial charge in [-0.3, -0.25) is 0 Å². The topological polar surface area (TPSA) is 15.3 Å². The average Bonchev–Trinajstić information content (AvgIpc) is 2.59. The first-order valence-electron chi connectivity index (χ1n) is 8.21. The Morgan fingerprint density at radius 3 is 2.76 bits per heavy atom. The third kappa shape index (κ3) is 3.97. The van der Waals surface area contributed by atoms with Crippen LogP contribution in [0.3, 0.4) is 0 Å². The second-order valence-corrected chi connectivity index (χ2v) is 6.96. The summed E-state index contributed by atoms with van der Waals surface area (Å²) in [5, 5.41) is 3.35. The van der Waals surface area contributed by atoms with E-state index in [0.717, 1.165) is 30.9 Å². The highest BCUT2D eigenvalue weighted by Crippen LogP contribution is 2.35. The molecule has 21 heavy (non-hydrogen) atoms. The van der Waals surface area contributed by atoms with Crippen LogP contribution in [-0.4, -0.2) is 19.6 Å². The quantitative estimate of drug-likeness (QED) is 0.878. The summed E-state index contributed by atoms with van der Waals surface area (Å²) in [5.41, 5.74) is 2.29. The van der Waals surface area contributed by atoms with E-state index in [2.05, 4.69) is 37.1 Å². The zero-order valence-electron chi connectivity index (χ0n) is 13.9. The van der Waals surface area contributed by atoms with Crippen LogP contribution < -0.4 is 10.2 Å². The van der Waals surface area contributed by atoms with Gasteiger partial charge in [-0.1, -0.05) is 26.8 Å². The molecule has 1 aliphatic heterocycles. The maximum atomic E-state index is 14.4. The molecule has 0 amide bonds. The van der Waals surface area contributed by atoms with Crippen LogP contribution in [0.15, 0.2) is 18.2 Å². The average molecular weight is 292 g/mol.